The molecule has 0 aliphatic carbocycles. The van der Waals surface area contributed by atoms with E-state index in [0.717, 1.165) is 15.4 Å². The van der Waals surface area contributed by atoms with Gasteiger partial charge >= 0.3 is 0 Å². The van der Waals surface area contributed by atoms with Gasteiger partial charge in [-0.2, -0.15) is 0 Å². The first-order valence-corrected chi connectivity index (χ1v) is 11.8. The molecule has 0 atom stereocenters. The Hall–Kier alpha value is -3.23. The van der Waals surface area contributed by atoms with Crippen LogP contribution >= 0.6 is 11.6 Å². The Labute approximate surface area is 198 Å². The number of nitrogens with one attached hydrogen (secondary N) is 1. The fourth-order valence-corrected chi connectivity index (χ4v) is 4.73. The van der Waals surface area contributed by atoms with Crippen LogP contribution in [0.1, 0.15) is 11.1 Å². The molecule has 3 rings (SSSR count). The Bertz CT molecular complexity index is 1260. The number of halogens is 1. The van der Waals surface area contributed by atoms with Crippen LogP contribution < -0.4 is 19.1 Å². The molecule has 0 aliphatic heterocycles. The largest absolute Gasteiger partial charge is 0.497 e. The molecule has 0 bridgehead atoms. The third kappa shape index (κ3) is 5.58. The molecule has 0 radical (unpaired) electrons. The van der Waals surface area contributed by atoms with E-state index in [1.807, 2.05) is 13.8 Å². The van der Waals surface area contributed by atoms with Crippen LogP contribution in [0, 0.1) is 13.8 Å². The molecule has 174 valence electrons. The van der Waals surface area contributed by atoms with Gasteiger partial charge in [0.05, 0.1) is 24.8 Å². The number of amides is 1. The number of anilines is 2. The summed E-state index contributed by atoms with van der Waals surface area (Å²) in [5.74, 6) is 0.147. The van der Waals surface area contributed by atoms with E-state index in [9.17, 15) is 13.2 Å². The summed E-state index contributed by atoms with van der Waals surface area (Å²) in [7, 11) is -1.22. The monoisotopic (exact) mass is 488 g/mol. The Balaban J connectivity index is 2.04. The summed E-state index contributed by atoms with van der Waals surface area (Å²) in [5, 5.41) is 3.20. The first kappa shape index (κ1) is 24.4. The van der Waals surface area contributed by atoms with Gasteiger partial charge in [-0.05, 0) is 55.8 Å². The van der Waals surface area contributed by atoms with Gasteiger partial charge in [0.15, 0.2) is 0 Å². The van der Waals surface area contributed by atoms with Gasteiger partial charge < -0.3 is 14.8 Å². The minimum Gasteiger partial charge on any atom is -0.497 e. The van der Waals surface area contributed by atoms with E-state index in [0.29, 0.717) is 16.5 Å². The highest BCUT2D eigenvalue weighted by Crippen LogP contribution is 2.35. The van der Waals surface area contributed by atoms with Crippen LogP contribution in [0.4, 0.5) is 11.4 Å². The lowest BCUT2D eigenvalue weighted by atomic mass is 10.2. The van der Waals surface area contributed by atoms with Crippen LogP contribution in [0.3, 0.4) is 0 Å². The lowest BCUT2D eigenvalue weighted by Gasteiger charge is -2.26. The number of sulfonamides is 1. The van der Waals surface area contributed by atoms with E-state index in [1.54, 1.807) is 42.5 Å². The number of benzene rings is 3. The fourth-order valence-electron chi connectivity index (χ4n) is 3.13. The second-order valence-electron chi connectivity index (χ2n) is 7.37. The van der Waals surface area contributed by atoms with E-state index in [1.165, 1.54) is 32.4 Å². The highest BCUT2D eigenvalue weighted by molar-refractivity contribution is 7.92. The zero-order chi connectivity index (χ0) is 24.2. The van der Waals surface area contributed by atoms with Gasteiger partial charge in [-0.25, -0.2) is 8.42 Å². The third-order valence-electron chi connectivity index (χ3n) is 5.01. The van der Waals surface area contributed by atoms with Crippen LogP contribution in [0.2, 0.25) is 5.02 Å². The molecule has 0 saturated heterocycles. The summed E-state index contributed by atoms with van der Waals surface area (Å²) < 4.78 is 38.9. The van der Waals surface area contributed by atoms with Crippen LogP contribution in [-0.2, 0) is 14.8 Å². The maximum Gasteiger partial charge on any atom is 0.264 e. The molecule has 3 aromatic rings. The molecular weight excluding hydrogens is 464 g/mol. The number of aryl methyl sites for hydroxylation is 2. The Morgan fingerprint density at radius 2 is 1.67 bits per heavy atom. The number of rotatable bonds is 8. The lowest BCUT2D eigenvalue weighted by Crippen LogP contribution is -2.38. The Kier molecular flexibility index (Phi) is 7.50. The smallest absolute Gasteiger partial charge is 0.264 e. The SMILES string of the molecule is COc1ccc(OC)c(N(CC(=O)Nc2ccc(C)c(Cl)c2)S(=O)(=O)c2ccc(C)cc2)c1. The van der Waals surface area contributed by atoms with Gasteiger partial charge in [0, 0.05) is 16.8 Å². The van der Waals surface area contributed by atoms with Crippen LogP contribution in [0.5, 0.6) is 11.5 Å². The average Bonchev–Trinajstić information content (AvgIpc) is 2.79. The summed E-state index contributed by atoms with van der Waals surface area (Å²) in [4.78, 5) is 13.0. The van der Waals surface area contributed by atoms with Gasteiger partial charge in [-0.1, -0.05) is 35.4 Å². The number of hydrogen-bond donors (Lipinski definition) is 1. The first-order chi connectivity index (χ1) is 15.6. The predicted octanol–water partition coefficient (Wildman–Crippen LogP) is 4.81. The molecule has 3 aromatic carbocycles. The molecule has 33 heavy (non-hydrogen) atoms. The zero-order valence-corrected chi connectivity index (χ0v) is 20.3. The second-order valence-corrected chi connectivity index (χ2v) is 9.64. The maximum absolute atomic E-state index is 13.6. The summed E-state index contributed by atoms with van der Waals surface area (Å²) in [6.45, 7) is 3.21. The number of hydrogen-bond acceptors (Lipinski definition) is 5. The van der Waals surface area contributed by atoms with Crippen LogP contribution in [0.25, 0.3) is 0 Å². The fraction of sp³-hybridized carbons (Fsp3) is 0.208. The normalized spacial score (nSPS) is 11.1. The van der Waals surface area contributed by atoms with Crippen molar-refractivity contribution in [2.75, 3.05) is 30.4 Å². The average molecular weight is 489 g/mol. The topological polar surface area (TPSA) is 84.9 Å². The van der Waals surface area contributed by atoms with Gasteiger partial charge in [-0.15, -0.1) is 0 Å². The van der Waals surface area contributed by atoms with Crippen LogP contribution in [0.15, 0.2) is 65.6 Å². The highest BCUT2D eigenvalue weighted by Gasteiger charge is 2.30. The molecule has 9 heteroatoms. The number of carbonyl (C=O) groups excluding carboxylic acids is 1. The molecule has 1 amide bonds. The summed E-state index contributed by atoms with van der Waals surface area (Å²) in [6.07, 6.45) is 0. The van der Waals surface area contributed by atoms with Crippen molar-refractivity contribution in [1.82, 2.24) is 0 Å². The van der Waals surface area contributed by atoms with E-state index < -0.39 is 22.5 Å². The lowest BCUT2D eigenvalue weighted by molar-refractivity contribution is -0.114. The van der Waals surface area contributed by atoms with E-state index in [4.69, 9.17) is 21.1 Å². The minimum absolute atomic E-state index is 0.0455. The number of carbonyl (C=O) groups is 1. The molecule has 0 aromatic heterocycles. The number of methoxy groups -OCH3 is 2. The molecule has 0 aliphatic rings. The summed E-state index contributed by atoms with van der Waals surface area (Å²) in [6, 6.07) is 16.2. The first-order valence-electron chi connectivity index (χ1n) is 10.0. The quantitative estimate of drug-likeness (QED) is 0.492. The Morgan fingerprint density at radius 1 is 0.970 bits per heavy atom. The number of nitrogens with zero attached hydrogens (tertiary/aromatic N) is 1. The van der Waals surface area contributed by atoms with E-state index in [2.05, 4.69) is 5.32 Å². The molecule has 0 saturated carbocycles. The van der Waals surface area contributed by atoms with Crippen molar-refractivity contribution in [3.05, 3.63) is 76.8 Å². The van der Waals surface area contributed by atoms with Gasteiger partial charge in [-0.3, -0.25) is 9.10 Å². The van der Waals surface area contributed by atoms with Crippen molar-refractivity contribution < 1.29 is 22.7 Å². The number of ether oxygens (including phenoxy) is 2. The predicted molar refractivity (Wildman–Crippen MR) is 130 cm³/mol. The molecule has 0 fully saturated rings. The van der Waals surface area contributed by atoms with Crippen LogP contribution in [-0.4, -0.2) is 35.1 Å². The zero-order valence-electron chi connectivity index (χ0n) is 18.8. The van der Waals surface area contributed by atoms with Crippen molar-refractivity contribution in [3.63, 3.8) is 0 Å². The molecule has 0 spiro atoms. The van der Waals surface area contributed by atoms with Crippen molar-refractivity contribution in [2.45, 2.75) is 18.7 Å². The van der Waals surface area contributed by atoms with E-state index in [-0.39, 0.29) is 16.3 Å². The van der Waals surface area contributed by atoms with E-state index >= 15 is 0 Å². The molecule has 7 nitrogen and oxygen atoms in total. The molecular formula is C24H25ClN2O5S. The maximum atomic E-state index is 13.6. The molecule has 0 unspecified atom stereocenters. The minimum atomic E-state index is -4.12. The molecule has 1 N–H and O–H groups in total. The second kappa shape index (κ2) is 10.1. The van der Waals surface area contributed by atoms with Crippen molar-refractivity contribution >= 4 is 38.9 Å². The van der Waals surface area contributed by atoms with Gasteiger partial charge in [0.1, 0.15) is 18.0 Å². The highest BCUT2D eigenvalue weighted by atomic mass is 35.5. The van der Waals surface area contributed by atoms with Gasteiger partial charge in [0.2, 0.25) is 5.91 Å². The van der Waals surface area contributed by atoms with Crippen molar-refractivity contribution in [3.8, 4) is 11.5 Å². The van der Waals surface area contributed by atoms with Crippen molar-refractivity contribution in [2.24, 2.45) is 0 Å². The summed E-state index contributed by atoms with van der Waals surface area (Å²) >= 11 is 6.15. The van der Waals surface area contributed by atoms with Crippen molar-refractivity contribution in [1.29, 1.82) is 0 Å². The summed E-state index contributed by atoms with van der Waals surface area (Å²) in [5.41, 5.74) is 2.41. The molecule has 0 heterocycles. The van der Waals surface area contributed by atoms with Gasteiger partial charge in [0.25, 0.3) is 10.0 Å². The Morgan fingerprint density at radius 3 is 2.27 bits per heavy atom. The third-order valence-corrected chi connectivity index (χ3v) is 7.19. The standard InChI is InChI=1S/C24H25ClN2O5S/c1-16-5-10-20(11-6-16)33(29,30)27(22-14-19(31-3)9-12-23(22)32-4)15-24(28)26-18-8-7-17(2)21(25)13-18/h5-14H,15H2,1-4H3,(H,26,28).